The molecule has 1 aliphatic heterocycles. The van der Waals surface area contributed by atoms with Crippen molar-refractivity contribution in [1.29, 1.82) is 0 Å². The Kier molecular flexibility index (Phi) is 3.22. The number of aliphatic hydroxyl groups excluding tert-OH is 1. The molecule has 0 aromatic carbocycles. The van der Waals surface area contributed by atoms with Crippen molar-refractivity contribution in [2.24, 2.45) is 5.92 Å². The Morgan fingerprint density at radius 1 is 1.24 bits per heavy atom. The first-order chi connectivity index (χ1) is 8.08. The first kappa shape index (κ1) is 11.8. The monoisotopic (exact) mass is 236 g/mol. The van der Waals surface area contributed by atoms with E-state index in [4.69, 9.17) is 9.47 Å². The lowest BCUT2D eigenvalue weighted by molar-refractivity contribution is -0.156. The molecule has 1 fully saturated rings. The largest absolute Gasteiger partial charge is 0.504 e. The van der Waals surface area contributed by atoms with Gasteiger partial charge in [-0.05, 0) is 19.9 Å². The normalized spacial score (nSPS) is 33.1. The van der Waals surface area contributed by atoms with Gasteiger partial charge in [-0.25, -0.2) is 0 Å². The third-order valence-electron chi connectivity index (χ3n) is 2.77. The third-order valence-corrected chi connectivity index (χ3v) is 2.77. The molecule has 4 heteroatoms. The molecule has 1 aliphatic carbocycles. The molecule has 17 heavy (non-hydrogen) atoms. The number of carbonyl (C=O) groups is 1. The van der Waals surface area contributed by atoms with Gasteiger partial charge in [0, 0.05) is 6.42 Å². The van der Waals surface area contributed by atoms with E-state index in [-0.39, 0.29) is 29.7 Å². The van der Waals surface area contributed by atoms with Crippen LogP contribution in [-0.2, 0) is 14.3 Å². The van der Waals surface area contributed by atoms with Crippen LogP contribution in [0.25, 0.3) is 0 Å². The van der Waals surface area contributed by atoms with Crippen molar-refractivity contribution in [1.82, 2.24) is 0 Å². The first-order valence-corrected chi connectivity index (χ1v) is 5.73. The predicted molar refractivity (Wildman–Crippen MR) is 62.1 cm³/mol. The summed E-state index contributed by atoms with van der Waals surface area (Å²) >= 11 is 0. The molecular weight excluding hydrogens is 220 g/mol. The molecule has 0 amide bonds. The van der Waals surface area contributed by atoms with Gasteiger partial charge in [0.05, 0.1) is 6.10 Å². The molecule has 0 spiro atoms. The van der Waals surface area contributed by atoms with E-state index in [1.807, 2.05) is 13.8 Å². The zero-order chi connectivity index (χ0) is 12.4. The smallest absolute Gasteiger partial charge is 0.320 e. The molecule has 1 saturated heterocycles. The highest BCUT2D eigenvalue weighted by atomic mass is 16.6. The number of ether oxygens (including phenoxy) is 2. The average molecular weight is 236 g/mol. The molecule has 0 radical (unpaired) electrons. The van der Waals surface area contributed by atoms with Crippen LogP contribution < -0.4 is 0 Å². The number of rotatable bonds is 0. The maximum Gasteiger partial charge on any atom is 0.320 e. The molecular formula is C13H16O4. The summed E-state index contributed by atoms with van der Waals surface area (Å²) in [5, 5.41) is 9.82. The Hall–Kier alpha value is -1.71. The van der Waals surface area contributed by atoms with Gasteiger partial charge in [0.25, 0.3) is 0 Å². The highest BCUT2D eigenvalue weighted by Gasteiger charge is 2.32. The van der Waals surface area contributed by atoms with Crippen LogP contribution in [0.3, 0.4) is 0 Å². The third kappa shape index (κ3) is 2.52. The summed E-state index contributed by atoms with van der Waals surface area (Å²) in [6.07, 6.45) is 6.89. The molecule has 0 saturated carbocycles. The van der Waals surface area contributed by atoms with Crippen molar-refractivity contribution in [3.05, 3.63) is 35.8 Å². The Labute approximate surface area is 100 Å². The van der Waals surface area contributed by atoms with Gasteiger partial charge in [-0.15, -0.1) is 0 Å². The number of carbonyl (C=O) groups excluding carboxylic acids is 1. The SMILES string of the molecule is C[C@H]1C[C@H](C)OC2=C(O)C=CC=C[C@H]2C(=O)O1. The summed E-state index contributed by atoms with van der Waals surface area (Å²) in [6, 6.07) is 0. The number of cyclic esters (lactones) is 1. The Morgan fingerprint density at radius 2 is 1.94 bits per heavy atom. The van der Waals surface area contributed by atoms with Gasteiger partial charge in [0.1, 0.15) is 12.0 Å². The lowest BCUT2D eigenvalue weighted by Gasteiger charge is -2.28. The highest BCUT2D eigenvalue weighted by Crippen LogP contribution is 2.28. The van der Waals surface area contributed by atoms with E-state index in [0.717, 1.165) is 0 Å². The molecule has 2 rings (SSSR count). The summed E-state index contributed by atoms with van der Waals surface area (Å²) in [5.41, 5.74) is 0. The van der Waals surface area contributed by atoms with Gasteiger partial charge in [0.15, 0.2) is 11.5 Å². The summed E-state index contributed by atoms with van der Waals surface area (Å²) in [5.74, 6) is -0.779. The fourth-order valence-electron chi connectivity index (χ4n) is 2.02. The van der Waals surface area contributed by atoms with E-state index >= 15 is 0 Å². The minimum absolute atomic E-state index is 0.0154. The van der Waals surface area contributed by atoms with Crippen LogP contribution in [0.5, 0.6) is 0 Å². The van der Waals surface area contributed by atoms with Gasteiger partial charge < -0.3 is 14.6 Å². The minimum atomic E-state index is -0.657. The quantitative estimate of drug-likeness (QED) is 0.655. The maximum atomic E-state index is 11.9. The van der Waals surface area contributed by atoms with E-state index in [9.17, 15) is 9.90 Å². The van der Waals surface area contributed by atoms with E-state index in [0.29, 0.717) is 6.42 Å². The van der Waals surface area contributed by atoms with Gasteiger partial charge in [-0.3, -0.25) is 4.79 Å². The predicted octanol–water partition coefficient (Wildman–Crippen LogP) is 2.24. The molecule has 0 unspecified atom stereocenters. The lowest BCUT2D eigenvalue weighted by Crippen LogP contribution is -2.31. The second kappa shape index (κ2) is 4.65. The van der Waals surface area contributed by atoms with Crippen molar-refractivity contribution in [3.8, 4) is 0 Å². The number of aliphatic hydroxyl groups is 1. The molecule has 3 atom stereocenters. The van der Waals surface area contributed by atoms with E-state index in [2.05, 4.69) is 0 Å². The molecule has 92 valence electrons. The highest BCUT2D eigenvalue weighted by molar-refractivity contribution is 5.78. The fraction of sp³-hybridized carbons (Fsp3) is 0.462. The molecule has 0 bridgehead atoms. The van der Waals surface area contributed by atoms with E-state index in [1.165, 1.54) is 6.08 Å². The van der Waals surface area contributed by atoms with Crippen molar-refractivity contribution >= 4 is 5.97 Å². The standard InChI is InChI=1S/C13H16O4/c1-8-7-9(2)17-13(15)10-5-3-4-6-11(14)12(10)16-8/h3-6,8-10,14H,7H2,1-2H3/t8-,9-,10+/m0/s1. The Bertz CT molecular complexity index is 406. The summed E-state index contributed by atoms with van der Waals surface area (Å²) in [4.78, 5) is 11.9. The van der Waals surface area contributed by atoms with Crippen molar-refractivity contribution < 1.29 is 19.4 Å². The van der Waals surface area contributed by atoms with Gasteiger partial charge >= 0.3 is 5.97 Å². The van der Waals surface area contributed by atoms with Gasteiger partial charge in [0.2, 0.25) is 0 Å². The maximum absolute atomic E-state index is 11.9. The summed E-state index contributed by atoms with van der Waals surface area (Å²) in [6.45, 7) is 3.73. The van der Waals surface area contributed by atoms with Crippen LogP contribution >= 0.6 is 0 Å². The summed E-state index contributed by atoms with van der Waals surface area (Å²) < 4.78 is 10.9. The number of esters is 1. The van der Waals surface area contributed by atoms with Crippen LogP contribution in [0.2, 0.25) is 0 Å². The average Bonchev–Trinajstić information content (AvgIpc) is 2.40. The molecule has 4 nitrogen and oxygen atoms in total. The Morgan fingerprint density at radius 3 is 2.71 bits per heavy atom. The molecule has 2 aliphatic rings. The first-order valence-electron chi connectivity index (χ1n) is 5.73. The van der Waals surface area contributed by atoms with Crippen LogP contribution in [0, 0.1) is 5.92 Å². The summed E-state index contributed by atoms with van der Waals surface area (Å²) in [7, 11) is 0. The zero-order valence-corrected chi connectivity index (χ0v) is 9.92. The van der Waals surface area contributed by atoms with Crippen molar-refractivity contribution in [2.45, 2.75) is 32.5 Å². The zero-order valence-electron chi connectivity index (χ0n) is 9.92. The van der Waals surface area contributed by atoms with E-state index < -0.39 is 5.92 Å². The minimum Gasteiger partial charge on any atom is -0.504 e. The molecule has 1 N–H and O–H groups in total. The molecule has 0 aromatic rings. The fourth-order valence-corrected chi connectivity index (χ4v) is 2.02. The second-order valence-corrected chi connectivity index (χ2v) is 4.38. The number of hydrogen-bond acceptors (Lipinski definition) is 4. The second-order valence-electron chi connectivity index (χ2n) is 4.38. The number of allylic oxidation sites excluding steroid dienone is 3. The molecule has 0 aromatic heterocycles. The van der Waals surface area contributed by atoms with Crippen LogP contribution in [0.4, 0.5) is 0 Å². The number of hydrogen-bond donors (Lipinski definition) is 1. The molecule has 1 heterocycles. The van der Waals surface area contributed by atoms with Crippen LogP contribution in [0.1, 0.15) is 20.3 Å². The lowest BCUT2D eigenvalue weighted by atomic mass is 10.0. The van der Waals surface area contributed by atoms with Crippen LogP contribution in [-0.4, -0.2) is 23.3 Å². The van der Waals surface area contributed by atoms with Crippen LogP contribution in [0.15, 0.2) is 35.8 Å². The van der Waals surface area contributed by atoms with Crippen molar-refractivity contribution in [2.75, 3.05) is 0 Å². The topological polar surface area (TPSA) is 55.8 Å². The van der Waals surface area contributed by atoms with Gasteiger partial charge in [-0.2, -0.15) is 0 Å². The van der Waals surface area contributed by atoms with E-state index in [1.54, 1.807) is 18.2 Å². The van der Waals surface area contributed by atoms with Gasteiger partial charge in [-0.1, -0.05) is 18.2 Å². The number of fused-ring (bicyclic) bond motifs is 1. The Balaban J connectivity index is 2.36. The van der Waals surface area contributed by atoms with Crippen molar-refractivity contribution in [3.63, 3.8) is 0 Å².